The minimum absolute atomic E-state index is 0.186. The lowest BCUT2D eigenvalue weighted by Gasteiger charge is -2.15. The third-order valence-corrected chi connectivity index (χ3v) is 5.10. The van der Waals surface area contributed by atoms with E-state index in [0.717, 1.165) is 17.5 Å². The number of aromatic nitrogens is 3. The maximum Gasteiger partial charge on any atom is 0.251 e. The van der Waals surface area contributed by atoms with Crippen LogP contribution in [0.3, 0.4) is 0 Å². The molecule has 134 valence electrons. The Morgan fingerprint density at radius 3 is 2.27 bits per heavy atom. The highest BCUT2D eigenvalue weighted by Crippen LogP contribution is 2.16. The molecule has 8 heteroatoms. The Morgan fingerprint density at radius 1 is 1.08 bits per heavy atom. The van der Waals surface area contributed by atoms with Gasteiger partial charge in [-0.05, 0) is 48.9 Å². The highest BCUT2D eigenvalue weighted by Gasteiger charge is 2.13. The first-order valence-electron chi connectivity index (χ1n) is 7.90. The van der Waals surface area contributed by atoms with Gasteiger partial charge in [0, 0.05) is 11.8 Å². The smallest absolute Gasteiger partial charge is 0.251 e. The van der Waals surface area contributed by atoms with Gasteiger partial charge in [0.2, 0.25) is 0 Å². The van der Waals surface area contributed by atoms with Crippen LogP contribution in [0.1, 0.15) is 28.9 Å². The minimum Gasteiger partial charge on any atom is -0.346 e. The van der Waals surface area contributed by atoms with Gasteiger partial charge in [0.05, 0.1) is 16.6 Å². The molecule has 7 nitrogen and oxygen atoms in total. The SMILES string of the molecule is CC(NC(=O)c1ccc(S(C)(=O)=O)cc1)c1ccc(-n2cncn2)cc1. The van der Waals surface area contributed by atoms with Crippen molar-refractivity contribution in [1.29, 1.82) is 0 Å². The van der Waals surface area contributed by atoms with E-state index in [1.54, 1.807) is 11.0 Å². The highest BCUT2D eigenvalue weighted by atomic mass is 32.2. The molecule has 1 aromatic heterocycles. The lowest BCUT2D eigenvalue weighted by atomic mass is 10.1. The molecule has 0 aliphatic heterocycles. The molecule has 0 radical (unpaired) electrons. The monoisotopic (exact) mass is 370 g/mol. The van der Waals surface area contributed by atoms with Gasteiger partial charge in [-0.2, -0.15) is 5.10 Å². The summed E-state index contributed by atoms with van der Waals surface area (Å²) in [7, 11) is -3.28. The number of carbonyl (C=O) groups is 1. The van der Waals surface area contributed by atoms with Gasteiger partial charge in [0.1, 0.15) is 12.7 Å². The predicted octanol–water partition coefficient (Wildman–Crippen LogP) is 2.16. The Kier molecular flexibility index (Phi) is 4.85. The van der Waals surface area contributed by atoms with Gasteiger partial charge in [-0.25, -0.2) is 18.1 Å². The van der Waals surface area contributed by atoms with Crippen LogP contribution in [0.4, 0.5) is 0 Å². The van der Waals surface area contributed by atoms with E-state index in [1.807, 2.05) is 31.2 Å². The number of hydrogen-bond acceptors (Lipinski definition) is 5. The topological polar surface area (TPSA) is 94.0 Å². The number of carbonyl (C=O) groups excluding carboxylic acids is 1. The third-order valence-electron chi connectivity index (χ3n) is 3.97. The molecule has 0 aliphatic rings. The van der Waals surface area contributed by atoms with Gasteiger partial charge in [0.15, 0.2) is 9.84 Å². The number of rotatable bonds is 5. The first-order valence-corrected chi connectivity index (χ1v) is 9.80. The number of sulfone groups is 1. The fourth-order valence-electron chi connectivity index (χ4n) is 2.47. The minimum atomic E-state index is -3.28. The summed E-state index contributed by atoms with van der Waals surface area (Å²) in [4.78, 5) is 16.5. The molecule has 3 rings (SSSR count). The second-order valence-corrected chi connectivity index (χ2v) is 7.94. The molecule has 1 amide bonds. The molecule has 26 heavy (non-hydrogen) atoms. The number of benzene rings is 2. The molecule has 0 spiro atoms. The molecule has 1 N–H and O–H groups in total. The Labute approximate surface area is 151 Å². The van der Waals surface area contributed by atoms with E-state index < -0.39 is 9.84 Å². The van der Waals surface area contributed by atoms with Gasteiger partial charge >= 0.3 is 0 Å². The summed E-state index contributed by atoms with van der Waals surface area (Å²) in [6, 6.07) is 13.3. The molecule has 0 bridgehead atoms. The van der Waals surface area contributed by atoms with Crippen LogP contribution < -0.4 is 5.32 Å². The van der Waals surface area contributed by atoms with E-state index in [-0.39, 0.29) is 16.8 Å². The van der Waals surface area contributed by atoms with Crippen LogP contribution in [0, 0.1) is 0 Å². The zero-order valence-corrected chi connectivity index (χ0v) is 15.1. The van der Waals surface area contributed by atoms with Crippen LogP contribution >= 0.6 is 0 Å². The lowest BCUT2D eigenvalue weighted by Crippen LogP contribution is -2.26. The zero-order valence-electron chi connectivity index (χ0n) is 14.3. The van der Waals surface area contributed by atoms with E-state index in [9.17, 15) is 13.2 Å². The van der Waals surface area contributed by atoms with E-state index in [0.29, 0.717) is 5.56 Å². The van der Waals surface area contributed by atoms with Crippen molar-refractivity contribution in [3.8, 4) is 5.69 Å². The molecule has 0 saturated heterocycles. The van der Waals surface area contributed by atoms with Gasteiger partial charge in [0.25, 0.3) is 5.91 Å². The molecular formula is C18H18N4O3S. The Morgan fingerprint density at radius 2 is 1.73 bits per heavy atom. The first-order chi connectivity index (χ1) is 12.3. The predicted molar refractivity (Wildman–Crippen MR) is 96.8 cm³/mol. The molecule has 0 saturated carbocycles. The van der Waals surface area contributed by atoms with E-state index in [2.05, 4.69) is 15.4 Å². The Balaban J connectivity index is 1.69. The summed E-state index contributed by atoms with van der Waals surface area (Å²) in [5.41, 5.74) is 2.22. The van der Waals surface area contributed by atoms with Gasteiger partial charge < -0.3 is 5.32 Å². The van der Waals surface area contributed by atoms with E-state index in [4.69, 9.17) is 0 Å². The Bertz CT molecular complexity index is 996. The molecule has 2 aromatic carbocycles. The van der Waals surface area contributed by atoms with Crippen molar-refractivity contribution in [2.24, 2.45) is 0 Å². The Hall–Kier alpha value is -3.00. The van der Waals surface area contributed by atoms with Gasteiger partial charge in [-0.15, -0.1) is 0 Å². The summed E-state index contributed by atoms with van der Waals surface area (Å²) in [5, 5.41) is 6.97. The fourth-order valence-corrected chi connectivity index (χ4v) is 3.10. The van der Waals surface area contributed by atoms with Crippen LogP contribution in [0.25, 0.3) is 5.69 Å². The number of nitrogens with zero attached hydrogens (tertiary/aromatic N) is 3. The van der Waals surface area contributed by atoms with Crippen LogP contribution in [0.2, 0.25) is 0 Å². The van der Waals surface area contributed by atoms with Crippen molar-refractivity contribution in [1.82, 2.24) is 20.1 Å². The summed E-state index contributed by atoms with van der Waals surface area (Å²) < 4.78 is 24.6. The van der Waals surface area contributed by atoms with E-state index in [1.165, 1.54) is 30.6 Å². The molecule has 1 atom stereocenters. The summed E-state index contributed by atoms with van der Waals surface area (Å²) in [6.45, 7) is 1.88. The number of nitrogens with one attached hydrogen (secondary N) is 1. The fraction of sp³-hybridized carbons (Fsp3) is 0.167. The second-order valence-electron chi connectivity index (χ2n) is 5.92. The van der Waals surface area contributed by atoms with Crippen molar-refractivity contribution in [2.75, 3.05) is 6.26 Å². The average Bonchev–Trinajstić information content (AvgIpc) is 3.16. The van der Waals surface area contributed by atoms with Crippen molar-refractivity contribution in [3.63, 3.8) is 0 Å². The molecule has 3 aromatic rings. The van der Waals surface area contributed by atoms with Crippen LogP contribution in [0.5, 0.6) is 0 Å². The van der Waals surface area contributed by atoms with Gasteiger partial charge in [-0.1, -0.05) is 12.1 Å². The van der Waals surface area contributed by atoms with Crippen molar-refractivity contribution >= 4 is 15.7 Å². The van der Waals surface area contributed by atoms with Crippen LogP contribution in [-0.2, 0) is 9.84 Å². The lowest BCUT2D eigenvalue weighted by molar-refractivity contribution is 0.0940. The molecule has 1 unspecified atom stereocenters. The molecule has 1 heterocycles. The molecule has 0 aliphatic carbocycles. The second kappa shape index (κ2) is 7.09. The summed E-state index contributed by atoms with van der Waals surface area (Å²) >= 11 is 0. The first kappa shape index (κ1) is 17.8. The highest BCUT2D eigenvalue weighted by molar-refractivity contribution is 7.90. The quantitative estimate of drug-likeness (QED) is 0.743. The largest absolute Gasteiger partial charge is 0.346 e. The number of hydrogen-bond donors (Lipinski definition) is 1. The number of amides is 1. The maximum absolute atomic E-state index is 12.4. The standard InChI is InChI=1S/C18H18N4O3S/c1-13(14-3-7-16(8-4-14)22-12-19-11-20-22)21-18(23)15-5-9-17(10-6-15)26(2,24)25/h3-13H,1-2H3,(H,21,23). The van der Waals surface area contributed by atoms with Gasteiger partial charge in [-0.3, -0.25) is 4.79 Å². The van der Waals surface area contributed by atoms with Crippen LogP contribution in [-0.4, -0.2) is 35.3 Å². The summed E-state index contributed by atoms with van der Waals surface area (Å²) in [5.74, 6) is -0.266. The van der Waals surface area contributed by atoms with Crippen molar-refractivity contribution < 1.29 is 13.2 Å². The zero-order chi connectivity index (χ0) is 18.7. The summed E-state index contributed by atoms with van der Waals surface area (Å²) in [6.07, 6.45) is 4.21. The van der Waals surface area contributed by atoms with Crippen molar-refractivity contribution in [2.45, 2.75) is 17.9 Å². The van der Waals surface area contributed by atoms with Crippen LogP contribution in [0.15, 0.2) is 66.1 Å². The third kappa shape index (κ3) is 3.97. The maximum atomic E-state index is 12.4. The normalized spacial score (nSPS) is 12.5. The molecule has 0 fully saturated rings. The van der Waals surface area contributed by atoms with Crippen molar-refractivity contribution in [3.05, 3.63) is 72.3 Å². The van der Waals surface area contributed by atoms with E-state index >= 15 is 0 Å². The molecular weight excluding hydrogens is 352 g/mol. The average molecular weight is 370 g/mol.